The third-order valence-corrected chi connectivity index (χ3v) is 7.64. The third kappa shape index (κ3) is 4.38. The van der Waals surface area contributed by atoms with Gasteiger partial charge in [0.1, 0.15) is 5.60 Å². The van der Waals surface area contributed by atoms with Gasteiger partial charge in [-0.1, -0.05) is 29.8 Å². The highest BCUT2D eigenvalue weighted by atomic mass is 32.2. The van der Waals surface area contributed by atoms with Crippen LogP contribution in [0.2, 0.25) is 0 Å². The number of ether oxygens (including phenoxy) is 1. The van der Waals surface area contributed by atoms with Gasteiger partial charge < -0.3 is 10.1 Å². The molecular weight excluding hydrogens is 392 g/mol. The van der Waals surface area contributed by atoms with Gasteiger partial charge >= 0.3 is 5.97 Å². The number of piperidine rings is 1. The van der Waals surface area contributed by atoms with Crippen LogP contribution in [0.5, 0.6) is 0 Å². The number of hydrogen-bond donors (Lipinski definition) is 1. The zero-order valence-electron chi connectivity index (χ0n) is 17.2. The number of aryl methyl sites for hydroxylation is 1. The second-order valence-corrected chi connectivity index (χ2v) is 9.93. The molecule has 0 atom stereocenters. The molecule has 0 radical (unpaired) electrons. The average molecular weight is 421 g/mol. The monoisotopic (exact) mass is 420 g/mol. The standard InChI is InChI=1S/C21H28N2O5S/c1-4-29(26,27)23-13-10-21(11-14-23)18(16(3)20(25)28-21)19(24)22-12-9-17-7-5-15(2)6-8-17/h5-8H,4,9-14H2,1-3H3,(H,22,24). The van der Waals surface area contributed by atoms with Crippen molar-refractivity contribution in [1.82, 2.24) is 9.62 Å². The molecule has 2 aliphatic heterocycles. The van der Waals surface area contributed by atoms with E-state index in [9.17, 15) is 18.0 Å². The van der Waals surface area contributed by atoms with E-state index in [0.717, 1.165) is 5.56 Å². The van der Waals surface area contributed by atoms with Gasteiger partial charge in [0.2, 0.25) is 10.0 Å². The zero-order valence-corrected chi connectivity index (χ0v) is 18.0. The fourth-order valence-corrected chi connectivity index (χ4v) is 5.05. The molecule has 7 nitrogen and oxygen atoms in total. The molecule has 2 heterocycles. The summed E-state index contributed by atoms with van der Waals surface area (Å²) in [5.74, 6) is -0.783. The number of carbonyl (C=O) groups excluding carboxylic acids is 2. The molecule has 0 bridgehead atoms. The fourth-order valence-electron chi connectivity index (χ4n) is 3.95. The second-order valence-electron chi connectivity index (χ2n) is 7.67. The predicted molar refractivity (Wildman–Crippen MR) is 110 cm³/mol. The second kappa shape index (κ2) is 8.28. The lowest BCUT2D eigenvalue weighted by atomic mass is 9.83. The molecule has 1 saturated heterocycles. The van der Waals surface area contributed by atoms with E-state index in [1.165, 1.54) is 9.87 Å². The van der Waals surface area contributed by atoms with Crippen molar-refractivity contribution in [3.8, 4) is 0 Å². The Balaban J connectivity index is 1.68. The normalized spacial score (nSPS) is 19.5. The van der Waals surface area contributed by atoms with Crippen molar-refractivity contribution in [3.63, 3.8) is 0 Å². The number of nitrogens with zero attached hydrogens (tertiary/aromatic N) is 1. The zero-order chi connectivity index (χ0) is 21.2. The fraction of sp³-hybridized carbons (Fsp3) is 0.524. The molecule has 29 heavy (non-hydrogen) atoms. The van der Waals surface area contributed by atoms with Crippen LogP contribution in [-0.2, 0) is 30.8 Å². The Morgan fingerprint density at radius 3 is 2.38 bits per heavy atom. The highest BCUT2D eigenvalue weighted by Crippen LogP contribution is 2.41. The quantitative estimate of drug-likeness (QED) is 0.708. The molecule has 1 amide bonds. The molecule has 1 aromatic carbocycles. The van der Waals surface area contributed by atoms with E-state index < -0.39 is 21.6 Å². The van der Waals surface area contributed by atoms with Gasteiger partial charge in [-0.05, 0) is 32.8 Å². The lowest BCUT2D eigenvalue weighted by molar-refractivity contribution is -0.150. The first-order chi connectivity index (χ1) is 13.7. The highest BCUT2D eigenvalue weighted by Gasteiger charge is 2.51. The predicted octanol–water partition coefficient (Wildman–Crippen LogP) is 1.71. The minimum Gasteiger partial charge on any atom is -0.450 e. The van der Waals surface area contributed by atoms with Crippen LogP contribution in [0, 0.1) is 6.92 Å². The molecule has 158 valence electrons. The van der Waals surface area contributed by atoms with E-state index >= 15 is 0 Å². The van der Waals surface area contributed by atoms with Crippen LogP contribution in [0.3, 0.4) is 0 Å². The van der Waals surface area contributed by atoms with Gasteiger partial charge in [0, 0.05) is 38.0 Å². The molecule has 2 aliphatic rings. The van der Waals surface area contributed by atoms with Crippen LogP contribution >= 0.6 is 0 Å². The Morgan fingerprint density at radius 2 is 1.79 bits per heavy atom. The molecule has 8 heteroatoms. The largest absolute Gasteiger partial charge is 0.450 e. The van der Waals surface area contributed by atoms with Crippen molar-refractivity contribution in [3.05, 3.63) is 46.5 Å². The van der Waals surface area contributed by atoms with E-state index in [1.807, 2.05) is 31.2 Å². The number of carbonyl (C=O) groups is 2. The number of hydrogen-bond acceptors (Lipinski definition) is 5. The number of benzene rings is 1. The average Bonchev–Trinajstić information content (AvgIpc) is 2.93. The third-order valence-electron chi connectivity index (χ3n) is 5.76. The van der Waals surface area contributed by atoms with Crippen molar-refractivity contribution in [1.29, 1.82) is 0 Å². The lowest BCUT2D eigenvalue weighted by Crippen LogP contribution is -2.50. The van der Waals surface area contributed by atoms with Crippen LogP contribution in [-0.4, -0.2) is 55.6 Å². The van der Waals surface area contributed by atoms with Gasteiger partial charge in [0.25, 0.3) is 5.91 Å². The van der Waals surface area contributed by atoms with Crippen LogP contribution in [0.4, 0.5) is 0 Å². The topological polar surface area (TPSA) is 92.8 Å². The van der Waals surface area contributed by atoms with Gasteiger partial charge in [0.05, 0.1) is 11.3 Å². The lowest BCUT2D eigenvalue weighted by Gasteiger charge is -2.38. The van der Waals surface area contributed by atoms with E-state index in [0.29, 0.717) is 24.1 Å². The van der Waals surface area contributed by atoms with Crippen LogP contribution in [0.1, 0.15) is 37.8 Å². The Hall–Kier alpha value is -2.19. The minimum atomic E-state index is -3.30. The Bertz CT molecular complexity index is 926. The first-order valence-electron chi connectivity index (χ1n) is 9.95. The molecule has 1 fully saturated rings. The summed E-state index contributed by atoms with van der Waals surface area (Å²) in [4.78, 5) is 25.2. The number of sulfonamides is 1. The summed E-state index contributed by atoms with van der Waals surface area (Å²) in [7, 11) is -3.30. The summed E-state index contributed by atoms with van der Waals surface area (Å²) in [5.41, 5.74) is 1.92. The van der Waals surface area contributed by atoms with Crippen molar-refractivity contribution in [2.75, 3.05) is 25.4 Å². The first-order valence-corrected chi connectivity index (χ1v) is 11.6. The Morgan fingerprint density at radius 1 is 1.17 bits per heavy atom. The summed E-state index contributed by atoms with van der Waals surface area (Å²) in [5, 5.41) is 2.90. The van der Waals surface area contributed by atoms with E-state index in [1.54, 1.807) is 13.8 Å². The first kappa shape index (κ1) is 21.5. The molecule has 0 unspecified atom stereocenters. The van der Waals surface area contributed by atoms with E-state index in [2.05, 4.69) is 5.32 Å². The van der Waals surface area contributed by atoms with Gasteiger partial charge in [0.15, 0.2) is 0 Å². The van der Waals surface area contributed by atoms with Crippen molar-refractivity contribution in [2.45, 2.75) is 45.6 Å². The number of nitrogens with one attached hydrogen (secondary N) is 1. The molecule has 0 aliphatic carbocycles. The van der Waals surface area contributed by atoms with Crippen LogP contribution in [0.15, 0.2) is 35.4 Å². The Labute approximate surface area is 172 Å². The maximum atomic E-state index is 12.9. The van der Waals surface area contributed by atoms with Crippen molar-refractivity contribution < 1.29 is 22.7 Å². The SMILES string of the molecule is CCS(=O)(=O)N1CCC2(CC1)OC(=O)C(C)=C2C(=O)NCCc1ccc(C)cc1. The molecule has 0 aromatic heterocycles. The molecular formula is C21H28N2O5S. The van der Waals surface area contributed by atoms with E-state index in [-0.39, 0.29) is 37.6 Å². The van der Waals surface area contributed by atoms with Crippen LogP contribution < -0.4 is 5.32 Å². The van der Waals surface area contributed by atoms with Crippen molar-refractivity contribution >= 4 is 21.9 Å². The maximum absolute atomic E-state index is 12.9. The minimum absolute atomic E-state index is 0.0288. The van der Waals surface area contributed by atoms with Gasteiger partial charge in [-0.3, -0.25) is 4.79 Å². The van der Waals surface area contributed by atoms with E-state index in [4.69, 9.17) is 4.74 Å². The molecule has 1 N–H and O–H groups in total. The number of rotatable bonds is 6. The van der Waals surface area contributed by atoms with Gasteiger partial charge in [-0.15, -0.1) is 0 Å². The summed E-state index contributed by atoms with van der Waals surface area (Å²) < 4.78 is 31.3. The van der Waals surface area contributed by atoms with Crippen molar-refractivity contribution in [2.24, 2.45) is 0 Å². The van der Waals surface area contributed by atoms with Crippen LogP contribution in [0.25, 0.3) is 0 Å². The highest BCUT2D eigenvalue weighted by molar-refractivity contribution is 7.89. The summed E-state index contributed by atoms with van der Waals surface area (Å²) in [6, 6.07) is 8.11. The summed E-state index contributed by atoms with van der Waals surface area (Å²) in [6.07, 6.45) is 1.26. The smallest absolute Gasteiger partial charge is 0.335 e. The number of esters is 1. The molecule has 1 spiro atoms. The van der Waals surface area contributed by atoms with Gasteiger partial charge in [-0.2, -0.15) is 0 Å². The molecule has 3 rings (SSSR count). The summed E-state index contributed by atoms with van der Waals surface area (Å²) >= 11 is 0. The number of amides is 1. The molecule has 0 saturated carbocycles. The summed E-state index contributed by atoms with van der Waals surface area (Å²) in [6.45, 7) is 6.13. The Kier molecular flexibility index (Phi) is 6.14. The van der Waals surface area contributed by atoms with Gasteiger partial charge in [-0.25, -0.2) is 17.5 Å². The molecule has 1 aromatic rings. The maximum Gasteiger partial charge on any atom is 0.335 e.